The predicted octanol–water partition coefficient (Wildman–Crippen LogP) is 2.46. The first-order valence-electron chi connectivity index (χ1n) is 6.47. The van der Waals surface area contributed by atoms with Gasteiger partial charge < -0.3 is 16.0 Å². The number of nitrogens with one attached hydrogen (secondary N) is 1. The second kappa shape index (κ2) is 6.10. The van der Waals surface area contributed by atoms with E-state index in [2.05, 4.69) is 16.3 Å². The molecule has 0 bridgehead atoms. The molecule has 0 spiro atoms. The van der Waals surface area contributed by atoms with E-state index in [0.29, 0.717) is 12.1 Å². The zero-order valence-corrected chi connectivity index (χ0v) is 11.8. The molecule has 0 unspecified atom stereocenters. The summed E-state index contributed by atoms with van der Waals surface area (Å²) in [6.45, 7) is 0.698. The number of hydrogen-bond donors (Lipinski definition) is 2. The summed E-state index contributed by atoms with van der Waals surface area (Å²) in [5.41, 5.74) is 9.07. The molecule has 0 atom stereocenters. The topological polar surface area (TPSA) is 58.4 Å². The molecule has 4 nitrogen and oxygen atoms in total. The van der Waals surface area contributed by atoms with Gasteiger partial charge in [0.1, 0.15) is 0 Å². The Bertz CT molecular complexity index is 591. The van der Waals surface area contributed by atoms with Crippen LogP contribution in [0.3, 0.4) is 0 Å². The fourth-order valence-corrected chi connectivity index (χ4v) is 2.00. The molecule has 2 rings (SSSR count). The van der Waals surface area contributed by atoms with Gasteiger partial charge in [-0.3, -0.25) is 4.79 Å². The van der Waals surface area contributed by atoms with Crippen molar-refractivity contribution in [2.75, 3.05) is 24.3 Å². The molecule has 0 aliphatic carbocycles. The van der Waals surface area contributed by atoms with Crippen LogP contribution in [0.2, 0.25) is 0 Å². The number of amides is 1. The fraction of sp³-hybridized carbons (Fsp3) is 0.188. The molecule has 3 N–H and O–H groups in total. The number of nitrogens with zero attached hydrogens (tertiary/aromatic N) is 1. The summed E-state index contributed by atoms with van der Waals surface area (Å²) in [7, 11) is 4.03. The van der Waals surface area contributed by atoms with E-state index in [1.807, 2.05) is 44.4 Å². The molecule has 2 aromatic carbocycles. The minimum atomic E-state index is -0.400. The normalized spacial score (nSPS) is 10.1. The van der Waals surface area contributed by atoms with Gasteiger partial charge in [0, 0.05) is 26.2 Å². The Hall–Kier alpha value is -2.49. The Kier molecular flexibility index (Phi) is 4.25. The van der Waals surface area contributed by atoms with Crippen LogP contribution in [0.5, 0.6) is 0 Å². The number of primary amides is 1. The molecule has 2 aromatic rings. The lowest BCUT2D eigenvalue weighted by molar-refractivity contribution is 0.100. The van der Waals surface area contributed by atoms with Gasteiger partial charge in [-0.15, -0.1) is 0 Å². The lowest BCUT2D eigenvalue weighted by Crippen LogP contribution is -2.12. The molecule has 0 saturated heterocycles. The van der Waals surface area contributed by atoms with Crippen molar-refractivity contribution in [3.05, 3.63) is 59.7 Å². The molecule has 0 aliphatic heterocycles. The smallest absolute Gasteiger partial charge is 0.248 e. The third kappa shape index (κ3) is 3.29. The van der Waals surface area contributed by atoms with Crippen molar-refractivity contribution in [1.82, 2.24) is 0 Å². The first-order chi connectivity index (χ1) is 9.58. The Morgan fingerprint density at radius 3 is 2.35 bits per heavy atom. The molecule has 1 amide bonds. The van der Waals surface area contributed by atoms with Gasteiger partial charge in [0.15, 0.2) is 0 Å². The highest BCUT2D eigenvalue weighted by atomic mass is 16.1. The van der Waals surface area contributed by atoms with Crippen LogP contribution < -0.4 is 16.0 Å². The Morgan fingerprint density at radius 1 is 1.10 bits per heavy atom. The number of anilines is 2. The summed E-state index contributed by atoms with van der Waals surface area (Å²) in [5.74, 6) is -0.400. The van der Waals surface area contributed by atoms with Gasteiger partial charge in [0.05, 0.1) is 11.4 Å². The van der Waals surface area contributed by atoms with E-state index in [-0.39, 0.29) is 0 Å². The summed E-state index contributed by atoms with van der Waals surface area (Å²) in [6, 6.07) is 15.4. The zero-order valence-electron chi connectivity index (χ0n) is 11.8. The van der Waals surface area contributed by atoms with Crippen molar-refractivity contribution in [2.24, 2.45) is 5.73 Å². The van der Waals surface area contributed by atoms with Gasteiger partial charge in [0.2, 0.25) is 5.91 Å². The minimum absolute atomic E-state index is 0.400. The number of rotatable bonds is 5. The van der Waals surface area contributed by atoms with Gasteiger partial charge in [0.25, 0.3) is 0 Å². The molecule has 4 heteroatoms. The molecule has 104 valence electrons. The van der Waals surface area contributed by atoms with E-state index in [1.54, 1.807) is 12.1 Å². The molecule has 20 heavy (non-hydrogen) atoms. The molecule has 0 heterocycles. The number of para-hydroxylation sites is 2. The Morgan fingerprint density at radius 2 is 1.75 bits per heavy atom. The average Bonchev–Trinajstić information content (AvgIpc) is 2.45. The monoisotopic (exact) mass is 269 g/mol. The van der Waals surface area contributed by atoms with Crippen LogP contribution in [-0.2, 0) is 6.54 Å². The van der Waals surface area contributed by atoms with Gasteiger partial charge in [-0.05, 0) is 29.8 Å². The number of carbonyl (C=O) groups is 1. The predicted molar refractivity (Wildman–Crippen MR) is 83.1 cm³/mol. The average molecular weight is 269 g/mol. The van der Waals surface area contributed by atoms with Crippen LogP contribution in [0.1, 0.15) is 15.9 Å². The van der Waals surface area contributed by atoms with Crippen LogP contribution in [0.25, 0.3) is 0 Å². The summed E-state index contributed by atoms with van der Waals surface area (Å²) in [5, 5.41) is 3.40. The standard InChI is InChI=1S/C16H19N3O/c1-19(2)15-6-4-3-5-14(15)18-11-12-7-9-13(10-8-12)16(17)20/h3-10,18H,11H2,1-2H3,(H2,17,20). The maximum absolute atomic E-state index is 11.0. The number of hydrogen-bond acceptors (Lipinski definition) is 3. The number of benzene rings is 2. The maximum Gasteiger partial charge on any atom is 0.248 e. The van der Waals surface area contributed by atoms with Crippen LogP contribution in [0.15, 0.2) is 48.5 Å². The highest BCUT2D eigenvalue weighted by Gasteiger charge is 2.04. The van der Waals surface area contributed by atoms with Gasteiger partial charge >= 0.3 is 0 Å². The zero-order chi connectivity index (χ0) is 14.5. The maximum atomic E-state index is 11.0. The lowest BCUT2D eigenvalue weighted by Gasteiger charge is -2.18. The fourth-order valence-electron chi connectivity index (χ4n) is 2.00. The molecule has 0 saturated carbocycles. The third-order valence-electron chi connectivity index (χ3n) is 3.11. The van der Waals surface area contributed by atoms with Crippen molar-refractivity contribution in [3.8, 4) is 0 Å². The summed E-state index contributed by atoms with van der Waals surface area (Å²) in [4.78, 5) is 13.1. The molecular weight excluding hydrogens is 250 g/mol. The van der Waals surface area contributed by atoms with Crippen molar-refractivity contribution in [3.63, 3.8) is 0 Å². The van der Waals surface area contributed by atoms with E-state index < -0.39 is 5.91 Å². The van der Waals surface area contributed by atoms with E-state index in [9.17, 15) is 4.79 Å². The van der Waals surface area contributed by atoms with E-state index in [1.165, 1.54) is 0 Å². The minimum Gasteiger partial charge on any atom is -0.379 e. The van der Waals surface area contributed by atoms with Gasteiger partial charge in [-0.2, -0.15) is 0 Å². The first kappa shape index (κ1) is 13.9. The van der Waals surface area contributed by atoms with Gasteiger partial charge in [-0.1, -0.05) is 24.3 Å². The highest BCUT2D eigenvalue weighted by Crippen LogP contribution is 2.23. The SMILES string of the molecule is CN(C)c1ccccc1NCc1ccc(C(N)=O)cc1. The Labute approximate surface area is 119 Å². The Balaban J connectivity index is 2.07. The van der Waals surface area contributed by atoms with Crippen LogP contribution in [0, 0.1) is 0 Å². The van der Waals surface area contributed by atoms with E-state index >= 15 is 0 Å². The number of nitrogens with two attached hydrogens (primary N) is 1. The van der Waals surface area contributed by atoms with Crippen molar-refractivity contribution >= 4 is 17.3 Å². The summed E-state index contributed by atoms with van der Waals surface area (Å²) < 4.78 is 0. The van der Waals surface area contributed by atoms with E-state index in [0.717, 1.165) is 16.9 Å². The molecular formula is C16H19N3O. The second-order valence-electron chi connectivity index (χ2n) is 4.83. The largest absolute Gasteiger partial charge is 0.379 e. The molecule has 0 fully saturated rings. The second-order valence-corrected chi connectivity index (χ2v) is 4.83. The number of carbonyl (C=O) groups excluding carboxylic acids is 1. The summed E-state index contributed by atoms with van der Waals surface area (Å²) in [6.07, 6.45) is 0. The summed E-state index contributed by atoms with van der Waals surface area (Å²) >= 11 is 0. The van der Waals surface area contributed by atoms with Crippen LogP contribution >= 0.6 is 0 Å². The lowest BCUT2D eigenvalue weighted by atomic mass is 10.1. The molecule has 0 radical (unpaired) electrons. The van der Waals surface area contributed by atoms with Crippen molar-refractivity contribution in [2.45, 2.75) is 6.54 Å². The van der Waals surface area contributed by atoms with Gasteiger partial charge in [-0.25, -0.2) is 0 Å². The highest BCUT2D eigenvalue weighted by molar-refractivity contribution is 5.92. The first-order valence-corrected chi connectivity index (χ1v) is 6.47. The van der Waals surface area contributed by atoms with E-state index in [4.69, 9.17) is 5.73 Å². The van der Waals surface area contributed by atoms with Crippen molar-refractivity contribution in [1.29, 1.82) is 0 Å². The van der Waals surface area contributed by atoms with Crippen LogP contribution in [0.4, 0.5) is 11.4 Å². The molecule has 0 aliphatic rings. The van der Waals surface area contributed by atoms with Crippen LogP contribution in [-0.4, -0.2) is 20.0 Å². The quantitative estimate of drug-likeness (QED) is 0.876. The van der Waals surface area contributed by atoms with Crippen molar-refractivity contribution < 1.29 is 4.79 Å². The molecule has 0 aromatic heterocycles. The third-order valence-corrected chi connectivity index (χ3v) is 3.11.